The van der Waals surface area contributed by atoms with Gasteiger partial charge in [0.25, 0.3) is 0 Å². The minimum atomic E-state index is -0.0839. The first-order valence-electron chi connectivity index (χ1n) is 5.42. The van der Waals surface area contributed by atoms with E-state index in [1.165, 1.54) is 0 Å². The molecule has 2 aliphatic rings. The second-order valence-corrected chi connectivity index (χ2v) is 5.37. The van der Waals surface area contributed by atoms with Gasteiger partial charge in [-0.15, -0.1) is 0 Å². The summed E-state index contributed by atoms with van der Waals surface area (Å²) in [6.07, 6.45) is 2.46. The Bertz CT molecular complexity index is 234. The monoisotopic (exact) mass is 197 g/mol. The molecule has 0 unspecified atom stereocenters. The van der Waals surface area contributed by atoms with Crippen LogP contribution in [0.4, 0.5) is 0 Å². The van der Waals surface area contributed by atoms with E-state index < -0.39 is 0 Å². The number of amides is 1. The normalized spacial score (nSPS) is 23.5. The van der Waals surface area contributed by atoms with Gasteiger partial charge in [-0.05, 0) is 33.6 Å². The highest BCUT2D eigenvalue weighted by Crippen LogP contribution is 2.33. The van der Waals surface area contributed by atoms with Crippen LogP contribution < -0.4 is 0 Å². The summed E-state index contributed by atoms with van der Waals surface area (Å²) in [4.78, 5) is 13.5. The number of likely N-dealkylation sites (tertiary alicyclic amines) is 1. The Morgan fingerprint density at radius 3 is 2.29 bits per heavy atom. The number of carbonyl (C=O) groups excluding carboxylic acids is 1. The van der Waals surface area contributed by atoms with E-state index in [1.807, 2.05) is 4.90 Å². The fourth-order valence-electron chi connectivity index (χ4n) is 1.78. The van der Waals surface area contributed by atoms with Gasteiger partial charge >= 0.3 is 0 Å². The summed E-state index contributed by atoms with van der Waals surface area (Å²) in [5.41, 5.74) is -0.0839. The van der Waals surface area contributed by atoms with E-state index >= 15 is 0 Å². The lowest BCUT2D eigenvalue weighted by Gasteiger charge is -2.42. The van der Waals surface area contributed by atoms with Crippen molar-refractivity contribution in [2.75, 3.05) is 13.1 Å². The molecule has 1 saturated carbocycles. The summed E-state index contributed by atoms with van der Waals surface area (Å²) in [5.74, 6) is 0.698. The first-order chi connectivity index (χ1) is 6.46. The van der Waals surface area contributed by atoms with Crippen LogP contribution in [0.1, 0.15) is 33.6 Å². The summed E-state index contributed by atoms with van der Waals surface area (Å²) in [5, 5.41) is 0. The van der Waals surface area contributed by atoms with E-state index in [9.17, 15) is 4.79 Å². The van der Waals surface area contributed by atoms with Gasteiger partial charge in [-0.2, -0.15) is 0 Å². The van der Waals surface area contributed by atoms with E-state index in [-0.39, 0.29) is 11.7 Å². The molecule has 0 aromatic rings. The van der Waals surface area contributed by atoms with Crippen LogP contribution in [-0.2, 0) is 9.53 Å². The molecule has 3 heteroatoms. The van der Waals surface area contributed by atoms with Crippen LogP contribution in [0, 0.1) is 5.92 Å². The first kappa shape index (κ1) is 9.97. The predicted octanol–water partition coefficient (Wildman–Crippen LogP) is 1.42. The first-order valence-corrected chi connectivity index (χ1v) is 5.42. The Kier molecular flexibility index (Phi) is 2.30. The molecule has 3 nitrogen and oxygen atoms in total. The van der Waals surface area contributed by atoms with Gasteiger partial charge in [-0.3, -0.25) is 4.79 Å². The Morgan fingerprint density at radius 2 is 1.86 bits per heavy atom. The Balaban J connectivity index is 1.71. The van der Waals surface area contributed by atoms with Crippen molar-refractivity contribution >= 4 is 5.91 Å². The zero-order chi connectivity index (χ0) is 10.3. The van der Waals surface area contributed by atoms with Gasteiger partial charge in [-0.1, -0.05) is 0 Å². The van der Waals surface area contributed by atoms with Crippen molar-refractivity contribution in [1.29, 1.82) is 0 Å². The molecule has 2 rings (SSSR count). The molecular weight excluding hydrogens is 178 g/mol. The minimum absolute atomic E-state index is 0.0839. The van der Waals surface area contributed by atoms with Crippen LogP contribution in [0.15, 0.2) is 0 Å². The fraction of sp³-hybridized carbons (Fsp3) is 0.909. The second-order valence-electron chi connectivity index (χ2n) is 5.37. The Labute approximate surface area is 85.4 Å². The third kappa shape index (κ3) is 2.27. The number of carbonyl (C=O) groups is 1. The number of hydrogen-bond donors (Lipinski definition) is 0. The van der Waals surface area contributed by atoms with E-state index in [0.717, 1.165) is 25.9 Å². The summed E-state index contributed by atoms with van der Waals surface area (Å²) < 4.78 is 5.76. The summed E-state index contributed by atoms with van der Waals surface area (Å²) >= 11 is 0. The molecular formula is C11H19NO2. The largest absolute Gasteiger partial charge is 0.369 e. The third-order valence-corrected chi connectivity index (χ3v) is 2.61. The van der Waals surface area contributed by atoms with Gasteiger partial charge < -0.3 is 9.64 Å². The van der Waals surface area contributed by atoms with Crippen molar-refractivity contribution in [2.45, 2.75) is 45.3 Å². The number of hydrogen-bond acceptors (Lipinski definition) is 2. The number of ether oxygens (including phenoxy) is 1. The summed E-state index contributed by atoms with van der Waals surface area (Å²) in [6, 6.07) is 0. The molecule has 80 valence electrons. The molecule has 0 atom stereocenters. The lowest BCUT2D eigenvalue weighted by molar-refractivity contribution is -0.158. The predicted molar refractivity (Wildman–Crippen MR) is 53.9 cm³/mol. The van der Waals surface area contributed by atoms with E-state index in [0.29, 0.717) is 11.8 Å². The highest BCUT2D eigenvalue weighted by molar-refractivity contribution is 5.81. The van der Waals surface area contributed by atoms with Gasteiger partial charge in [0.2, 0.25) is 5.91 Å². The maximum absolute atomic E-state index is 11.6. The van der Waals surface area contributed by atoms with Crippen molar-refractivity contribution in [3.8, 4) is 0 Å². The highest BCUT2D eigenvalue weighted by Gasteiger charge is 2.40. The van der Waals surface area contributed by atoms with E-state index in [4.69, 9.17) is 4.74 Å². The molecule has 0 N–H and O–H groups in total. The molecule has 14 heavy (non-hydrogen) atoms. The molecule has 1 aliphatic carbocycles. The average molecular weight is 197 g/mol. The molecule has 1 saturated heterocycles. The topological polar surface area (TPSA) is 29.5 Å². The molecule has 1 aliphatic heterocycles. The molecule has 2 fully saturated rings. The molecule has 0 bridgehead atoms. The maximum Gasteiger partial charge on any atom is 0.225 e. The third-order valence-electron chi connectivity index (χ3n) is 2.61. The second kappa shape index (κ2) is 3.23. The quantitative estimate of drug-likeness (QED) is 0.670. The van der Waals surface area contributed by atoms with Crippen LogP contribution >= 0.6 is 0 Å². The Morgan fingerprint density at radius 1 is 1.29 bits per heavy atom. The van der Waals surface area contributed by atoms with Crippen molar-refractivity contribution in [3.05, 3.63) is 0 Å². The lowest BCUT2D eigenvalue weighted by atomic mass is 10.1. The zero-order valence-corrected chi connectivity index (χ0v) is 9.25. The Hall–Kier alpha value is -0.570. The summed E-state index contributed by atoms with van der Waals surface area (Å²) in [6.45, 7) is 7.76. The van der Waals surface area contributed by atoms with E-state index in [1.54, 1.807) is 0 Å². The van der Waals surface area contributed by atoms with E-state index in [2.05, 4.69) is 20.8 Å². The molecule has 1 heterocycles. The van der Waals surface area contributed by atoms with Crippen LogP contribution in [-0.4, -0.2) is 35.6 Å². The SMILES string of the molecule is CC(C)(C)OC1CN(C(=O)C2CC2)C1. The number of nitrogens with zero attached hydrogens (tertiary/aromatic N) is 1. The van der Waals surface area contributed by atoms with Crippen LogP contribution in [0.2, 0.25) is 0 Å². The molecule has 0 aromatic carbocycles. The van der Waals surface area contributed by atoms with Crippen LogP contribution in [0.5, 0.6) is 0 Å². The lowest BCUT2D eigenvalue weighted by Crippen LogP contribution is -2.57. The van der Waals surface area contributed by atoms with Gasteiger partial charge in [0.15, 0.2) is 0 Å². The average Bonchev–Trinajstić information content (AvgIpc) is 2.74. The molecule has 0 spiro atoms. The summed E-state index contributed by atoms with van der Waals surface area (Å²) in [7, 11) is 0. The van der Waals surface area contributed by atoms with Gasteiger partial charge in [-0.25, -0.2) is 0 Å². The molecule has 0 aromatic heterocycles. The smallest absolute Gasteiger partial charge is 0.225 e. The van der Waals surface area contributed by atoms with Gasteiger partial charge in [0.1, 0.15) is 0 Å². The van der Waals surface area contributed by atoms with Crippen molar-refractivity contribution in [2.24, 2.45) is 5.92 Å². The fourth-order valence-corrected chi connectivity index (χ4v) is 1.78. The van der Waals surface area contributed by atoms with Crippen LogP contribution in [0.3, 0.4) is 0 Å². The van der Waals surface area contributed by atoms with Gasteiger partial charge in [0, 0.05) is 19.0 Å². The maximum atomic E-state index is 11.6. The van der Waals surface area contributed by atoms with Crippen molar-refractivity contribution in [3.63, 3.8) is 0 Å². The van der Waals surface area contributed by atoms with Gasteiger partial charge in [0.05, 0.1) is 11.7 Å². The van der Waals surface area contributed by atoms with Crippen molar-refractivity contribution < 1.29 is 9.53 Å². The number of rotatable bonds is 2. The highest BCUT2D eigenvalue weighted by atomic mass is 16.5. The zero-order valence-electron chi connectivity index (χ0n) is 9.25. The minimum Gasteiger partial charge on any atom is -0.369 e. The standard InChI is InChI=1S/C11H19NO2/c1-11(2,3)14-9-6-12(7-9)10(13)8-4-5-8/h8-9H,4-7H2,1-3H3. The van der Waals surface area contributed by atoms with Crippen LogP contribution in [0.25, 0.3) is 0 Å². The molecule has 1 amide bonds. The van der Waals surface area contributed by atoms with Crippen molar-refractivity contribution in [1.82, 2.24) is 4.90 Å². The molecule has 0 radical (unpaired) electrons.